The number of hydrogen-bond acceptors (Lipinski definition) is 2. The first-order chi connectivity index (χ1) is 10.3. The number of likely N-dealkylation sites (tertiary alicyclic amines) is 1. The normalized spacial score (nSPS) is 19.0. The van der Waals surface area contributed by atoms with Crippen LogP contribution in [0, 0.1) is 5.92 Å². The maximum absolute atomic E-state index is 4.74. The lowest BCUT2D eigenvalue weighted by Crippen LogP contribution is -2.40. The van der Waals surface area contributed by atoms with Gasteiger partial charge in [-0.25, -0.2) is 0 Å². The molecule has 0 radical (unpaired) electrons. The summed E-state index contributed by atoms with van der Waals surface area (Å²) < 4.78 is 0. The molecule has 0 aromatic heterocycles. The Labute approximate surface area is 133 Å². The van der Waals surface area contributed by atoms with Gasteiger partial charge in [0.05, 0.1) is 6.54 Å². The molecule has 0 spiro atoms. The van der Waals surface area contributed by atoms with Gasteiger partial charge in [-0.2, -0.15) is 11.8 Å². The summed E-state index contributed by atoms with van der Waals surface area (Å²) in [4.78, 5) is 7.17. The highest BCUT2D eigenvalue weighted by molar-refractivity contribution is 7.98. The molecular formula is C17H27N3S. The summed E-state index contributed by atoms with van der Waals surface area (Å²) in [7, 11) is 0. The molecule has 1 fully saturated rings. The molecule has 1 unspecified atom stereocenters. The molecule has 0 bridgehead atoms. The third kappa shape index (κ3) is 5.27. The zero-order valence-corrected chi connectivity index (χ0v) is 14.0. The zero-order chi connectivity index (χ0) is 14.9. The average molecular weight is 305 g/mol. The molecular weight excluding hydrogens is 278 g/mol. The Morgan fingerprint density at radius 1 is 1.38 bits per heavy atom. The Bertz CT molecular complexity index is 433. The van der Waals surface area contributed by atoms with Gasteiger partial charge in [-0.1, -0.05) is 30.3 Å². The van der Waals surface area contributed by atoms with Crippen LogP contribution in [0.4, 0.5) is 0 Å². The van der Waals surface area contributed by atoms with Crippen LogP contribution >= 0.6 is 11.8 Å². The molecule has 1 aliphatic rings. The molecule has 2 rings (SSSR count). The van der Waals surface area contributed by atoms with Crippen molar-refractivity contribution in [1.82, 2.24) is 10.2 Å². The first kappa shape index (κ1) is 16.2. The predicted octanol–water partition coefficient (Wildman–Crippen LogP) is 2.88. The first-order valence-electron chi connectivity index (χ1n) is 7.89. The van der Waals surface area contributed by atoms with Crippen molar-refractivity contribution in [3.8, 4) is 0 Å². The van der Waals surface area contributed by atoms with Gasteiger partial charge in [0.1, 0.15) is 0 Å². The van der Waals surface area contributed by atoms with Crippen LogP contribution in [-0.4, -0.2) is 49.0 Å². The van der Waals surface area contributed by atoms with Crippen molar-refractivity contribution in [2.75, 3.05) is 38.2 Å². The molecule has 1 saturated heterocycles. The van der Waals surface area contributed by atoms with Crippen molar-refractivity contribution in [3.63, 3.8) is 0 Å². The lowest BCUT2D eigenvalue weighted by molar-refractivity contribution is 0.460. The molecule has 1 heterocycles. The lowest BCUT2D eigenvalue weighted by atomic mass is 9.99. The monoisotopic (exact) mass is 305 g/mol. The van der Waals surface area contributed by atoms with Crippen LogP contribution in [0.1, 0.15) is 18.9 Å². The molecule has 0 amide bonds. The standard InChI is InChI=1S/C17H27N3S/c1-3-18-17(19-10-12-21-2)20-11-9-16(14-20)13-15-7-5-4-6-8-15/h4-8,16H,3,9-14H2,1-2H3,(H,18,19). The third-order valence-electron chi connectivity index (χ3n) is 3.84. The highest BCUT2D eigenvalue weighted by Crippen LogP contribution is 2.20. The molecule has 1 aromatic carbocycles. The topological polar surface area (TPSA) is 27.6 Å². The van der Waals surface area contributed by atoms with Gasteiger partial charge in [0.25, 0.3) is 0 Å². The number of rotatable bonds is 6. The van der Waals surface area contributed by atoms with E-state index in [9.17, 15) is 0 Å². The van der Waals surface area contributed by atoms with Crippen LogP contribution < -0.4 is 5.32 Å². The lowest BCUT2D eigenvalue weighted by Gasteiger charge is -2.21. The van der Waals surface area contributed by atoms with E-state index < -0.39 is 0 Å². The summed E-state index contributed by atoms with van der Waals surface area (Å²) in [6.07, 6.45) is 4.58. The van der Waals surface area contributed by atoms with E-state index in [0.29, 0.717) is 0 Å². The Balaban J connectivity index is 1.88. The number of nitrogens with one attached hydrogen (secondary N) is 1. The van der Waals surface area contributed by atoms with Gasteiger partial charge >= 0.3 is 0 Å². The van der Waals surface area contributed by atoms with E-state index in [2.05, 4.69) is 53.7 Å². The number of nitrogens with zero attached hydrogens (tertiary/aromatic N) is 2. The minimum atomic E-state index is 0.747. The van der Waals surface area contributed by atoms with Crippen LogP contribution in [0.15, 0.2) is 35.3 Å². The predicted molar refractivity (Wildman–Crippen MR) is 94.2 cm³/mol. The van der Waals surface area contributed by atoms with Crippen LogP contribution in [0.5, 0.6) is 0 Å². The van der Waals surface area contributed by atoms with Crippen molar-refractivity contribution in [2.45, 2.75) is 19.8 Å². The fourth-order valence-corrected chi connectivity index (χ4v) is 3.08. The third-order valence-corrected chi connectivity index (χ3v) is 4.44. The summed E-state index contributed by atoms with van der Waals surface area (Å²) in [6, 6.07) is 10.8. The van der Waals surface area contributed by atoms with Crippen molar-refractivity contribution in [3.05, 3.63) is 35.9 Å². The maximum atomic E-state index is 4.74. The maximum Gasteiger partial charge on any atom is 0.193 e. The van der Waals surface area contributed by atoms with Gasteiger partial charge in [-0.05, 0) is 37.5 Å². The van der Waals surface area contributed by atoms with Gasteiger partial charge in [0.15, 0.2) is 5.96 Å². The van der Waals surface area contributed by atoms with E-state index >= 15 is 0 Å². The van der Waals surface area contributed by atoms with E-state index in [4.69, 9.17) is 4.99 Å². The van der Waals surface area contributed by atoms with Crippen molar-refractivity contribution >= 4 is 17.7 Å². The van der Waals surface area contributed by atoms with E-state index in [-0.39, 0.29) is 0 Å². The zero-order valence-electron chi connectivity index (χ0n) is 13.2. The molecule has 1 aromatic rings. The molecule has 1 N–H and O–H groups in total. The summed E-state index contributed by atoms with van der Waals surface area (Å²) in [5, 5.41) is 3.43. The SMILES string of the molecule is CCNC(=NCCSC)N1CCC(Cc2ccccc2)C1. The Kier molecular flexibility index (Phi) is 6.93. The molecule has 0 aliphatic carbocycles. The summed E-state index contributed by atoms with van der Waals surface area (Å²) >= 11 is 1.85. The Morgan fingerprint density at radius 2 is 2.19 bits per heavy atom. The van der Waals surface area contributed by atoms with Crippen molar-refractivity contribution < 1.29 is 0 Å². The molecule has 0 saturated carbocycles. The first-order valence-corrected chi connectivity index (χ1v) is 9.29. The highest BCUT2D eigenvalue weighted by atomic mass is 32.2. The quantitative estimate of drug-likeness (QED) is 0.497. The molecule has 4 heteroatoms. The largest absolute Gasteiger partial charge is 0.357 e. The van der Waals surface area contributed by atoms with Crippen LogP contribution in [0.2, 0.25) is 0 Å². The fourth-order valence-electron chi connectivity index (χ4n) is 2.81. The van der Waals surface area contributed by atoms with Crippen molar-refractivity contribution in [2.24, 2.45) is 10.9 Å². The van der Waals surface area contributed by atoms with E-state index in [1.54, 1.807) is 0 Å². The Morgan fingerprint density at radius 3 is 2.90 bits per heavy atom. The smallest absolute Gasteiger partial charge is 0.193 e. The van der Waals surface area contributed by atoms with E-state index in [1.807, 2.05) is 11.8 Å². The number of hydrogen-bond donors (Lipinski definition) is 1. The van der Waals surface area contributed by atoms with E-state index in [0.717, 1.165) is 43.8 Å². The Hall–Kier alpha value is -1.16. The molecule has 1 atom stereocenters. The number of benzene rings is 1. The summed E-state index contributed by atoms with van der Waals surface area (Å²) in [5.74, 6) is 2.94. The molecule has 116 valence electrons. The molecule has 3 nitrogen and oxygen atoms in total. The summed E-state index contributed by atoms with van der Waals surface area (Å²) in [5.41, 5.74) is 1.45. The second kappa shape index (κ2) is 8.98. The molecule has 1 aliphatic heterocycles. The fraction of sp³-hybridized carbons (Fsp3) is 0.588. The average Bonchev–Trinajstić information content (AvgIpc) is 2.96. The van der Waals surface area contributed by atoms with Gasteiger partial charge in [0, 0.05) is 25.4 Å². The number of aliphatic imine (C=N–C) groups is 1. The minimum absolute atomic E-state index is 0.747. The second-order valence-electron chi connectivity index (χ2n) is 5.52. The van der Waals surface area contributed by atoms with Crippen LogP contribution in [0.25, 0.3) is 0 Å². The number of thioether (sulfide) groups is 1. The van der Waals surface area contributed by atoms with E-state index in [1.165, 1.54) is 18.4 Å². The number of guanidine groups is 1. The van der Waals surface area contributed by atoms with Crippen molar-refractivity contribution in [1.29, 1.82) is 0 Å². The van der Waals surface area contributed by atoms with Crippen LogP contribution in [0.3, 0.4) is 0 Å². The van der Waals surface area contributed by atoms with Gasteiger partial charge < -0.3 is 10.2 Å². The summed E-state index contributed by atoms with van der Waals surface area (Å²) in [6.45, 7) is 6.24. The minimum Gasteiger partial charge on any atom is -0.357 e. The van der Waals surface area contributed by atoms with Gasteiger partial charge in [-0.15, -0.1) is 0 Å². The van der Waals surface area contributed by atoms with Gasteiger partial charge in [0.2, 0.25) is 0 Å². The van der Waals surface area contributed by atoms with Crippen LogP contribution in [-0.2, 0) is 6.42 Å². The van der Waals surface area contributed by atoms with Gasteiger partial charge in [-0.3, -0.25) is 4.99 Å². The highest BCUT2D eigenvalue weighted by Gasteiger charge is 2.24. The molecule has 21 heavy (non-hydrogen) atoms. The second-order valence-corrected chi connectivity index (χ2v) is 6.50.